The maximum absolute atomic E-state index is 11.5. The summed E-state index contributed by atoms with van der Waals surface area (Å²) in [7, 11) is 0. The van der Waals surface area contributed by atoms with Gasteiger partial charge in [0.2, 0.25) is 11.8 Å². The molecule has 0 aliphatic heterocycles. The standard InChI is InChI=1S/C14H26N2O2/c1-7-12(17)15-8-11(14(4,5)6)9-16-13(18)10(2)3/h11H,2,7-9H2,1,3-6H3,(H,15,17)(H,16,18). The van der Waals surface area contributed by atoms with E-state index in [2.05, 4.69) is 38.0 Å². The average Bonchev–Trinajstić information content (AvgIpc) is 2.26. The van der Waals surface area contributed by atoms with Gasteiger partial charge in [-0.2, -0.15) is 0 Å². The molecule has 2 amide bonds. The molecule has 0 heterocycles. The van der Waals surface area contributed by atoms with Gasteiger partial charge in [0.25, 0.3) is 0 Å². The van der Waals surface area contributed by atoms with Gasteiger partial charge in [0, 0.05) is 25.1 Å². The topological polar surface area (TPSA) is 58.2 Å². The van der Waals surface area contributed by atoms with E-state index in [9.17, 15) is 9.59 Å². The van der Waals surface area contributed by atoms with Crippen molar-refractivity contribution < 1.29 is 9.59 Å². The molecule has 2 N–H and O–H groups in total. The van der Waals surface area contributed by atoms with Crippen LogP contribution in [0.15, 0.2) is 12.2 Å². The van der Waals surface area contributed by atoms with Crippen LogP contribution in [0.25, 0.3) is 0 Å². The molecule has 1 atom stereocenters. The Kier molecular flexibility index (Phi) is 6.66. The lowest BCUT2D eigenvalue weighted by Crippen LogP contribution is -2.42. The molecule has 0 aromatic heterocycles. The monoisotopic (exact) mass is 254 g/mol. The molecule has 0 aliphatic carbocycles. The molecule has 0 aromatic carbocycles. The van der Waals surface area contributed by atoms with Crippen molar-refractivity contribution >= 4 is 11.8 Å². The summed E-state index contributed by atoms with van der Waals surface area (Å²) in [6, 6.07) is 0. The van der Waals surface area contributed by atoms with Gasteiger partial charge in [0.15, 0.2) is 0 Å². The number of rotatable bonds is 6. The lowest BCUT2D eigenvalue weighted by atomic mass is 9.80. The molecule has 0 bridgehead atoms. The van der Waals surface area contributed by atoms with Gasteiger partial charge in [-0.15, -0.1) is 0 Å². The average molecular weight is 254 g/mol. The Morgan fingerprint density at radius 2 is 1.67 bits per heavy atom. The minimum absolute atomic E-state index is 0.0172. The number of hydrogen-bond donors (Lipinski definition) is 2. The van der Waals surface area contributed by atoms with Crippen LogP contribution in [0.4, 0.5) is 0 Å². The molecular formula is C14H26N2O2. The third-order valence-electron chi connectivity index (χ3n) is 2.99. The van der Waals surface area contributed by atoms with Crippen LogP contribution in [0.2, 0.25) is 0 Å². The summed E-state index contributed by atoms with van der Waals surface area (Å²) in [6.45, 7) is 14.5. The molecule has 4 nitrogen and oxygen atoms in total. The minimum atomic E-state index is -0.133. The zero-order chi connectivity index (χ0) is 14.3. The van der Waals surface area contributed by atoms with E-state index in [-0.39, 0.29) is 23.1 Å². The van der Waals surface area contributed by atoms with Crippen LogP contribution in [0.1, 0.15) is 41.0 Å². The van der Waals surface area contributed by atoms with E-state index in [1.165, 1.54) is 0 Å². The zero-order valence-electron chi connectivity index (χ0n) is 12.2. The van der Waals surface area contributed by atoms with Gasteiger partial charge in [-0.05, 0) is 18.3 Å². The molecule has 18 heavy (non-hydrogen) atoms. The Balaban J connectivity index is 4.38. The van der Waals surface area contributed by atoms with Gasteiger partial charge >= 0.3 is 0 Å². The van der Waals surface area contributed by atoms with Crippen LogP contribution in [-0.2, 0) is 9.59 Å². The first kappa shape index (κ1) is 16.7. The van der Waals surface area contributed by atoms with E-state index in [1.807, 2.05) is 6.92 Å². The van der Waals surface area contributed by atoms with E-state index in [0.29, 0.717) is 25.1 Å². The molecule has 0 saturated heterocycles. The van der Waals surface area contributed by atoms with Crippen molar-refractivity contribution in [2.24, 2.45) is 11.3 Å². The van der Waals surface area contributed by atoms with E-state index in [4.69, 9.17) is 0 Å². The fourth-order valence-corrected chi connectivity index (χ4v) is 1.41. The van der Waals surface area contributed by atoms with E-state index in [0.717, 1.165) is 0 Å². The number of amides is 2. The van der Waals surface area contributed by atoms with Gasteiger partial charge < -0.3 is 10.6 Å². The van der Waals surface area contributed by atoms with Gasteiger partial charge in [0.1, 0.15) is 0 Å². The van der Waals surface area contributed by atoms with E-state index >= 15 is 0 Å². The van der Waals surface area contributed by atoms with Crippen LogP contribution >= 0.6 is 0 Å². The Hall–Kier alpha value is -1.32. The second kappa shape index (κ2) is 7.19. The fourth-order valence-electron chi connectivity index (χ4n) is 1.41. The van der Waals surface area contributed by atoms with Crippen molar-refractivity contribution in [3.63, 3.8) is 0 Å². The predicted molar refractivity (Wildman–Crippen MR) is 74.1 cm³/mol. The van der Waals surface area contributed by atoms with Gasteiger partial charge in [0.05, 0.1) is 0 Å². The third kappa shape index (κ3) is 6.42. The maximum Gasteiger partial charge on any atom is 0.246 e. The summed E-state index contributed by atoms with van der Waals surface area (Å²) < 4.78 is 0. The van der Waals surface area contributed by atoms with Crippen molar-refractivity contribution in [3.05, 3.63) is 12.2 Å². The van der Waals surface area contributed by atoms with Crippen molar-refractivity contribution in [2.45, 2.75) is 41.0 Å². The Morgan fingerprint density at radius 1 is 1.17 bits per heavy atom. The van der Waals surface area contributed by atoms with Crippen LogP contribution in [0.3, 0.4) is 0 Å². The highest BCUT2D eigenvalue weighted by Crippen LogP contribution is 2.24. The minimum Gasteiger partial charge on any atom is -0.356 e. The van der Waals surface area contributed by atoms with Gasteiger partial charge in [-0.3, -0.25) is 9.59 Å². The largest absolute Gasteiger partial charge is 0.356 e. The Bertz CT molecular complexity index is 316. The highest BCUT2D eigenvalue weighted by atomic mass is 16.2. The maximum atomic E-state index is 11.5. The molecule has 0 radical (unpaired) electrons. The second-order valence-electron chi connectivity index (χ2n) is 5.71. The van der Waals surface area contributed by atoms with Crippen molar-refractivity contribution in [1.29, 1.82) is 0 Å². The quantitative estimate of drug-likeness (QED) is 0.711. The van der Waals surface area contributed by atoms with Crippen LogP contribution in [-0.4, -0.2) is 24.9 Å². The third-order valence-corrected chi connectivity index (χ3v) is 2.99. The molecular weight excluding hydrogens is 228 g/mol. The molecule has 0 saturated carbocycles. The highest BCUT2D eigenvalue weighted by molar-refractivity contribution is 5.92. The van der Waals surface area contributed by atoms with E-state index in [1.54, 1.807) is 6.92 Å². The van der Waals surface area contributed by atoms with Crippen molar-refractivity contribution in [3.8, 4) is 0 Å². The van der Waals surface area contributed by atoms with Crippen LogP contribution in [0.5, 0.6) is 0 Å². The first-order valence-electron chi connectivity index (χ1n) is 6.38. The highest BCUT2D eigenvalue weighted by Gasteiger charge is 2.25. The van der Waals surface area contributed by atoms with Gasteiger partial charge in [-0.1, -0.05) is 34.3 Å². The second-order valence-corrected chi connectivity index (χ2v) is 5.71. The molecule has 0 rings (SSSR count). The molecule has 104 valence electrons. The SMILES string of the molecule is C=C(C)C(=O)NCC(CNC(=O)CC)C(C)(C)C. The molecule has 4 heteroatoms. The smallest absolute Gasteiger partial charge is 0.246 e. The lowest BCUT2D eigenvalue weighted by molar-refractivity contribution is -0.121. The summed E-state index contributed by atoms with van der Waals surface area (Å²) >= 11 is 0. The molecule has 0 aliphatic rings. The summed E-state index contributed by atoms with van der Waals surface area (Å²) in [4.78, 5) is 22.7. The zero-order valence-corrected chi connectivity index (χ0v) is 12.2. The normalized spacial score (nSPS) is 12.7. The molecule has 0 fully saturated rings. The van der Waals surface area contributed by atoms with Crippen molar-refractivity contribution in [1.82, 2.24) is 10.6 Å². The molecule has 0 spiro atoms. The first-order chi connectivity index (χ1) is 8.18. The van der Waals surface area contributed by atoms with Crippen LogP contribution < -0.4 is 10.6 Å². The Labute approximate surface area is 110 Å². The fraction of sp³-hybridized carbons (Fsp3) is 0.714. The number of hydrogen-bond acceptors (Lipinski definition) is 2. The number of nitrogens with one attached hydrogen (secondary N) is 2. The summed E-state index contributed by atoms with van der Waals surface area (Å²) in [5.41, 5.74) is 0.517. The lowest BCUT2D eigenvalue weighted by Gasteiger charge is -2.31. The van der Waals surface area contributed by atoms with Crippen molar-refractivity contribution in [2.75, 3.05) is 13.1 Å². The number of carbonyl (C=O) groups is 2. The first-order valence-corrected chi connectivity index (χ1v) is 6.38. The summed E-state index contributed by atoms with van der Waals surface area (Å²) in [5.74, 6) is 0.0952. The van der Waals surface area contributed by atoms with Gasteiger partial charge in [-0.25, -0.2) is 0 Å². The summed E-state index contributed by atoms with van der Waals surface area (Å²) in [5, 5.41) is 5.72. The Morgan fingerprint density at radius 3 is 2.06 bits per heavy atom. The van der Waals surface area contributed by atoms with Crippen LogP contribution in [0, 0.1) is 11.3 Å². The van der Waals surface area contributed by atoms with E-state index < -0.39 is 0 Å². The summed E-state index contributed by atoms with van der Waals surface area (Å²) in [6.07, 6.45) is 0.481. The number of carbonyl (C=O) groups excluding carboxylic acids is 2. The molecule has 0 aromatic rings. The molecule has 1 unspecified atom stereocenters. The predicted octanol–water partition coefficient (Wildman–Crippen LogP) is 1.87.